The first-order valence-corrected chi connectivity index (χ1v) is 9.58. The molecule has 2 aliphatic rings. The molecule has 2 rings (SSSR count). The second-order valence-corrected chi connectivity index (χ2v) is 7.90. The molecule has 4 nitrogen and oxygen atoms in total. The molecule has 0 aromatic heterocycles. The van der Waals surface area contributed by atoms with Crippen molar-refractivity contribution >= 4 is 11.6 Å². The molecular weight excluding hydrogens is 364 g/mol. The first kappa shape index (κ1) is 24.0. The third-order valence-corrected chi connectivity index (χ3v) is 5.72. The predicted molar refractivity (Wildman–Crippen MR) is 96.0 cm³/mol. The minimum Gasteiger partial charge on any atom is -0.321 e. The van der Waals surface area contributed by atoms with Crippen LogP contribution in [0.15, 0.2) is 0 Å². The molecule has 8 heteroatoms. The Hall–Kier alpha value is -1.02. The number of ketones is 2. The van der Waals surface area contributed by atoms with E-state index >= 15 is 0 Å². The average Bonchev–Trinajstić information content (AvgIpc) is 2.56. The molecule has 2 aliphatic carbocycles. The van der Waals surface area contributed by atoms with E-state index in [4.69, 9.17) is 5.73 Å². The number of alkyl halides is 4. The van der Waals surface area contributed by atoms with Crippen molar-refractivity contribution in [1.82, 2.24) is 5.32 Å². The molecule has 2 saturated carbocycles. The lowest BCUT2D eigenvalue weighted by molar-refractivity contribution is -0.122. The molecule has 2 atom stereocenters. The average molecular weight is 396 g/mol. The van der Waals surface area contributed by atoms with Gasteiger partial charge in [0.05, 0.1) is 12.1 Å². The van der Waals surface area contributed by atoms with E-state index in [0.29, 0.717) is 25.7 Å². The fraction of sp³-hybridized carbons (Fsp3) is 0.895. The summed E-state index contributed by atoms with van der Waals surface area (Å²) in [6, 6.07) is -0.790. The molecule has 3 N–H and O–H groups in total. The van der Waals surface area contributed by atoms with Gasteiger partial charge in [-0.1, -0.05) is 0 Å². The maximum atomic E-state index is 12.8. The van der Waals surface area contributed by atoms with Crippen LogP contribution in [-0.4, -0.2) is 42.5 Å². The molecule has 2 fully saturated rings. The van der Waals surface area contributed by atoms with E-state index in [0.717, 1.165) is 0 Å². The number of nitrogens with one attached hydrogen (secondary N) is 1. The highest BCUT2D eigenvalue weighted by Gasteiger charge is 2.38. The highest BCUT2D eigenvalue weighted by atomic mass is 19.3. The van der Waals surface area contributed by atoms with E-state index in [1.165, 1.54) is 13.8 Å². The van der Waals surface area contributed by atoms with Crippen LogP contribution < -0.4 is 11.1 Å². The summed E-state index contributed by atoms with van der Waals surface area (Å²) in [6.45, 7) is 2.92. The second-order valence-electron chi connectivity index (χ2n) is 7.90. The number of Topliss-reactive ketones (excluding diaryl/α,β-unsaturated/α-hetero) is 2. The van der Waals surface area contributed by atoms with Crippen LogP contribution in [0.1, 0.15) is 65.2 Å². The minimum atomic E-state index is -2.53. The highest BCUT2D eigenvalue weighted by molar-refractivity contribution is 5.82. The van der Waals surface area contributed by atoms with Gasteiger partial charge in [-0.2, -0.15) is 0 Å². The number of hydrogen-bond donors (Lipinski definition) is 2. The summed E-state index contributed by atoms with van der Waals surface area (Å²) in [7, 11) is 1.71. The minimum absolute atomic E-state index is 0.0442. The predicted octanol–water partition coefficient (Wildman–Crippen LogP) is 3.72. The van der Waals surface area contributed by atoms with Crippen LogP contribution in [0, 0.1) is 11.8 Å². The maximum Gasteiger partial charge on any atom is 0.248 e. The molecule has 0 saturated heterocycles. The van der Waals surface area contributed by atoms with Crippen molar-refractivity contribution in [1.29, 1.82) is 0 Å². The maximum absolute atomic E-state index is 12.8. The third kappa shape index (κ3) is 7.86. The molecule has 0 bridgehead atoms. The van der Waals surface area contributed by atoms with Gasteiger partial charge in [0, 0.05) is 25.7 Å². The lowest BCUT2D eigenvalue weighted by Crippen LogP contribution is -2.42. The Morgan fingerprint density at radius 2 is 1.22 bits per heavy atom. The van der Waals surface area contributed by atoms with Crippen LogP contribution in [-0.2, 0) is 9.59 Å². The van der Waals surface area contributed by atoms with Gasteiger partial charge in [0.2, 0.25) is 11.8 Å². The van der Waals surface area contributed by atoms with Crippen molar-refractivity contribution in [2.24, 2.45) is 17.6 Å². The molecule has 0 heterocycles. The summed E-state index contributed by atoms with van der Waals surface area (Å²) < 4.78 is 51.1. The normalized spacial score (nSPS) is 25.0. The van der Waals surface area contributed by atoms with Crippen LogP contribution in [0.4, 0.5) is 17.6 Å². The van der Waals surface area contributed by atoms with Gasteiger partial charge >= 0.3 is 0 Å². The summed E-state index contributed by atoms with van der Waals surface area (Å²) in [5.74, 6) is -5.06. The zero-order valence-corrected chi connectivity index (χ0v) is 16.4. The van der Waals surface area contributed by atoms with Crippen LogP contribution in [0.25, 0.3) is 0 Å². The van der Waals surface area contributed by atoms with E-state index in [9.17, 15) is 27.2 Å². The number of halogens is 4. The zero-order valence-electron chi connectivity index (χ0n) is 16.4. The Kier molecular flexibility index (Phi) is 8.86. The highest BCUT2D eigenvalue weighted by Crippen LogP contribution is 2.38. The van der Waals surface area contributed by atoms with Crippen molar-refractivity contribution in [2.75, 3.05) is 7.05 Å². The van der Waals surface area contributed by atoms with E-state index in [1.807, 2.05) is 0 Å². The quantitative estimate of drug-likeness (QED) is 0.695. The van der Waals surface area contributed by atoms with Crippen LogP contribution in [0.5, 0.6) is 0 Å². The van der Waals surface area contributed by atoms with Crippen molar-refractivity contribution in [3.63, 3.8) is 0 Å². The summed E-state index contributed by atoms with van der Waals surface area (Å²) in [6.07, 6.45) is 1.21. The van der Waals surface area contributed by atoms with Gasteiger partial charge in [-0.05, 0) is 58.4 Å². The van der Waals surface area contributed by atoms with E-state index in [2.05, 4.69) is 5.32 Å². The van der Waals surface area contributed by atoms with Gasteiger partial charge in [0.1, 0.15) is 11.6 Å². The van der Waals surface area contributed by atoms with Crippen LogP contribution in [0.3, 0.4) is 0 Å². The third-order valence-electron chi connectivity index (χ3n) is 5.72. The number of nitrogens with two attached hydrogens (primary N) is 1. The van der Waals surface area contributed by atoms with Crippen molar-refractivity contribution < 1.29 is 27.2 Å². The molecule has 0 radical (unpaired) electrons. The monoisotopic (exact) mass is 396 g/mol. The van der Waals surface area contributed by atoms with Crippen LogP contribution >= 0.6 is 0 Å². The lowest BCUT2D eigenvalue weighted by Gasteiger charge is -2.32. The van der Waals surface area contributed by atoms with E-state index < -0.39 is 17.9 Å². The molecule has 0 spiro atoms. The molecule has 0 aliphatic heterocycles. The van der Waals surface area contributed by atoms with Gasteiger partial charge in [-0.25, -0.2) is 17.6 Å². The van der Waals surface area contributed by atoms with Crippen molar-refractivity contribution in [3.05, 3.63) is 0 Å². The molecule has 27 heavy (non-hydrogen) atoms. The van der Waals surface area contributed by atoms with E-state index in [1.54, 1.807) is 7.05 Å². The summed E-state index contributed by atoms with van der Waals surface area (Å²) in [4.78, 5) is 22.1. The lowest BCUT2D eigenvalue weighted by atomic mass is 9.81. The van der Waals surface area contributed by atoms with Gasteiger partial charge < -0.3 is 11.1 Å². The number of carbonyl (C=O) groups is 2. The van der Waals surface area contributed by atoms with Crippen molar-refractivity contribution in [2.45, 2.75) is 89.1 Å². The molecule has 0 aromatic carbocycles. The fourth-order valence-electron chi connectivity index (χ4n) is 3.92. The number of likely N-dealkylation sites (N-methyl/N-ethyl adjacent to an activating group) is 1. The Labute approximate surface area is 158 Å². The number of carbonyl (C=O) groups excluding carboxylic acids is 2. The molecule has 0 unspecified atom stereocenters. The van der Waals surface area contributed by atoms with Crippen LogP contribution in [0.2, 0.25) is 0 Å². The first-order valence-electron chi connectivity index (χ1n) is 9.58. The Balaban J connectivity index is 0.000000271. The van der Waals surface area contributed by atoms with Gasteiger partial charge in [-0.3, -0.25) is 9.59 Å². The zero-order chi connectivity index (χ0) is 20.8. The van der Waals surface area contributed by atoms with Crippen molar-refractivity contribution in [3.8, 4) is 0 Å². The standard InChI is InChI=1S/C10H17F2NO.C9H15F2NO/c1-7(14)9(13-2)8-3-5-10(11,12)6-4-8;1-6(13)8(12)7-2-4-9(10,11)5-3-7/h8-9,13H,3-6H2,1-2H3;7-8H,2-5,12H2,1H3/t9-;8-/m11/s1. The van der Waals surface area contributed by atoms with Gasteiger partial charge in [0.25, 0.3) is 0 Å². The number of rotatable bonds is 5. The Bertz CT molecular complexity index is 494. The SMILES string of the molecule is CC(=O)[C@@H](N)C1CCC(F)(F)CC1.CN[C@H](C(C)=O)C1CCC(F)(F)CC1. The second kappa shape index (κ2) is 9.96. The largest absolute Gasteiger partial charge is 0.321 e. The molecule has 0 amide bonds. The smallest absolute Gasteiger partial charge is 0.248 e. The number of hydrogen-bond acceptors (Lipinski definition) is 4. The topological polar surface area (TPSA) is 72.2 Å². The molecule has 0 aromatic rings. The van der Waals surface area contributed by atoms with Gasteiger partial charge in [-0.15, -0.1) is 0 Å². The Morgan fingerprint density at radius 3 is 1.52 bits per heavy atom. The first-order chi connectivity index (χ1) is 12.4. The van der Waals surface area contributed by atoms with Gasteiger partial charge in [0.15, 0.2) is 0 Å². The summed E-state index contributed by atoms with van der Waals surface area (Å²) in [5.41, 5.74) is 5.59. The molecular formula is C19H32F4N2O2. The summed E-state index contributed by atoms with van der Waals surface area (Å²) in [5, 5.41) is 2.90. The molecule has 158 valence electrons. The Morgan fingerprint density at radius 1 is 0.852 bits per heavy atom. The van der Waals surface area contributed by atoms with E-state index in [-0.39, 0.29) is 55.1 Å². The summed E-state index contributed by atoms with van der Waals surface area (Å²) >= 11 is 0. The fourth-order valence-corrected chi connectivity index (χ4v) is 3.92.